The van der Waals surface area contributed by atoms with Crippen LogP contribution in [0.3, 0.4) is 0 Å². The standard InChI is InChI=1S/C20H17F3N4O3/c1-13-2-4-14(5-3-13)12-29-25-11-10-24-18(28)16-8-6-15(7-9-16)17-26-19(30-27-17)20(21,22)23/h2-9,11H,10,12H2,1H3,(H,24,28). The third kappa shape index (κ3) is 5.66. The van der Waals surface area contributed by atoms with E-state index in [1.54, 1.807) is 0 Å². The largest absolute Gasteiger partial charge is 0.471 e. The molecule has 0 aliphatic heterocycles. The van der Waals surface area contributed by atoms with Gasteiger partial charge in [0.15, 0.2) is 0 Å². The van der Waals surface area contributed by atoms with Crippen molar-refractivity contribution in [2.45, 2.75) is 19.7 Å². The van der Waals surface area contributed by atoms with Crippen molar-refractivity contribution in [2.75, 3.05) is 6.54 Å². The normalized spacial score (nSPS) is 11.6. The molecule has 0 aliphatic carbocycles. The molecular formula is C20H17F3N4O3. The molecule has 156 valence electrons. The number of nitrogens with zero attached hydrogens (tertiary/aromatic N) is 3. The summed E-state index contributed by atoms with van der Waals surface area (Å²) < 4.78 is 41.7. The van der Waals surface area contributed by atoms with Gasteiger partial charge in [-0.3, -0.25) is 4.79 Å². The smallest absolute Gasteiger partial charge is 0.391 e. The van der Waals surface area contributed by atoms with E-state index in [0.29, 0.717) is 12.2 Å². The average Bonchev–Trinajstić information content (AvgIpc) is 3.23. The van der Waals surface area contributed by atoms with Crippen molar-refractivity contribution in [2.24, 2.45) is 5.16 Å². The van der Waals surface area contributed by atoms with E-state index in [2.05, 4.69) is 25.1 Å². The number of benzene rings is 2. The molecule has 0 saturated carbocycles. The van der Waals surface area contributed by atoms with Gasteiger partial charge in [-0.25, -0.2) is 0 Å². The lowest BCUT2D eigenvalue weighted by Gasteiger charge is -2.03. The number of aromatic nitrogens is 2. The zero-order valence-electron chi connectivity index (χ0n) is 15.8. The number of amides is 1. The van der Waals surface area contributed by atoms with Crippen LogP contribution < -0.4 is 5.32 Å². The van der Waals surface area contributed by atoms with Gasteiger partial charge in [0.2, 0.25) is 5.82 Å². The highest BCUT2D eigenvalue weighted by molar-refractivity contribution is 5.95. The van der Waals surface area contributed by atoms with Crippen LogP contribution in [0.2, 0.25) is 0 Å². The summed E-state index contributed by atoms with van der Waals surface area (Å²) >= 11 is 0. The number of rotatable bonds is 7. The van der Waals surface area contributed by atoms with Crippen molar-refractivity contribution in [3.05, 3.63) is 71.1 Å². The SMILES string of the molecule is Cc1ccc(CON=CCNC(=O)c2ccc(-c3noc(C(F)(F)F)n3)cc2)cc1. The summed E-state index contributed by atoms with van der Waals surface area (Å²) in [7, 11) is 0. The molecule has 1 heterocycles. The third-order valence-electron chi connectivity index (χ3n) is 3.93. The Morgan fingerprint density at radius 1 is 1.17 bits per heavy atom. The first-order chi connectivity index (χ1) is 14.3. The molecule has 10 heteroatoms. The Morgan fingerprint density at radius 2 is 1.87 bits per heavy atom. The summed E-state index contributed by atoms with van der Waals surface area (Å²) in [6.45, 7) is 2.46. The molecule has 0 atom stereocenters. The quantitative estimate of drug-likeness (QED) is 0.463. The number of nitrogens with one attached hydrogen (secondary N) is 1. The highest BCUT2D eigenvalue weighted by Gasteiger charge is 2.38. The molecule has 1 amide bonds. The van der Waals surface area contributed by atoms with Crippen LogP contribution >= 0.6 is 0 Å². The summed E-state index contributed by atoms with van der Waals surface area (Å²) in [6, 6.07) is 13.6. The van der Waals surface area contributed by atoms with E-state index in [9.17, 15) is 18.0 Å². The average molecular weight is 418 g/mol. The third-order valence-corrected chi connectivity index (χ3v) is 3.93. The minimum Gasteiger partial charge on any atom is -0.391 e. The van der Waals surface area contributed by atoms with Crippen molar-refractivity contribution >= 4 is 12.1 Å². The van der Waals surface area contributed by atoms with E-state index in [1.165, 1.54) is 30.5 Å². The highest BCUT2D eigenvalue weighted by atomic mass is 19.4. The molecule has 0 bridgehead atoms. The fraction of sp³-hybridized carbons (Fsp3) is 0.200. The van der Waals surface area contributed by atoms with Crippen LogP contribution in [0.1, 0.15) is 27.4 Å². The van der Waals surface area contributed by atoms with Gasteiger partial charge in [0, 0.05) is 11.1 Å². The maximum Gasteiger partial charge on any atom is 0.471 e. The number of hydrogen-bond acceptors (Lipinski definition) is 6. The lowest BCUT2D eigenvalue weighted by atomic mass is 10.1. The number of carbonyl (C=O) groups is 1. The van der Waals surface area contributed by atoms with Crippen molar-refractivity contribution in [3.8, 4) is 11.4 Å². The fourth-order valence-electron chi connectivity index (χ4n) is 2.35. The maximum absolute atomic E-state index is 12.5. The molecule has 7 nitrogen and oxygen atoms in total. The van der Waals surface area contributed by atoms with Gasteiger partial charge in [-0.2, -0.15) is 18.2 Å². The molecular weight excluding hydrogens is 401 g/mol. The van der Waals surface area contributed by atoms with E-state index < -0.39 is 12.1 Å². The van der Waals surface area contributed by atoms with Crippen LogP contribution in [0.5, 0.6) is 0 Å². The molecule has 1 N–H and O–H groups in total. The van der Waals surface area contributed by atoms with Gasteiger partial charge in [0.05, 0.1) is 12.8 Å². The van der Waals surface area contributed by atoms with Crippen LogP contribution in [0.4, 0.5) is 13.2 Å². The second-order valence-corrected chi connectivity index (χ2v) is 6.26. The second kappa shape index (κ2) is 9.21. The Labute approximate surface area is 169 Å². The molecule has 2 aromatic carbocycles. The maximum atomic E-state index is 12.5. The van der Waals surface area contributed by atoms with E-state index in [1.807, 2.05) is 31.2 Å². The number of carbonyl (C=O) groups excluding carboxylic acids is 1. The Kier molecular flexibility index (Phi) is 6.45. The van der Waals surface area contributed by atoms with E-state index in [4.69, 9.17) is 4.84 Å². The van der Waals surface area contributed by atoms with Crippen molar-refractivity contribution in [1.82, 2.24) is 15.5 Å². The van der Waals surface area contributed by atoms with Crippen molar-refractivity contribution in [3.63, 3.8) is 0 Å². The monoisotopic (exact) mass is 418 g/mol. The predicted octanol–water partition coefficient (Wildman–Crippen LogP) is 4.00. The molecule has 0 saturated heterocycles. The summed E-state index contributed by atoms with van der Waals surface area (Å²) in [6.07, 6.45) is -3.30. The Balaban J connectivity index is 1.46. The van der Waals surface area contributed by atoms with Crippen LogP contribution in [0, 0.1) is 6.92 Å². The molecule has 0 unspecified atom stereocenters. The van der Waals surface area contributed by atoms with Crippen LogP contribution in [0.25, 0.3) is 11.4 Å². The first kappa shape index (κ1) is 21.0. The van der Waals surface area contributed by atoms with Gasteiger partial charge < -0.3 is 14.7 Å². The Morgan fingerprint density at radius 3 is 2.50 bits per heavy atom. The van der Waals surface area contributed by atoms with Gasteiger partial charge in [-0.15, -0.1) is 0 Å². The zero-order chi connectivity index (χ0) is 21.6. The predicted molar refractivity (Wildman–Crippen MR) is 102 cm³/mol. The summed E-state index contributed by atoms with van der Waals surface area (Å²) in [4.78, 5) is 20.6. The molecule has 1 aromatic heterocycles. The minimum absolute atomic E-state index is 0.147. The van der Waals surface area contributed by atoms with Gasteiger partial charge in [-0.1, -0.05) is 52.3 Å². The molecule has 0 radical (unpaired) electrons. The molecule has 0 aliphatic rings. The Hall–Kier alpha value is -3.69. The first-order valence-corrected chi connectivity index (χ1v) is 8.82. The molecule has 3 rings (SSSR count). The van der Waals surface area contributed by atoms with E-state index >= 15 is 0 Å². The molecule has 30 heavy (non-hydrogen) atoms. The zero-order valence-corrected chi connectivity index (χ0v) is 15.8. The number of oxime groups is 1. The van der Waals surface area contributed by atoms with Gasteiger partial charge in [0.25, 0.3) is 5.91 Å². The second-order valence-electron chi connectivity index (χ2n) is 6.26. The fourth-order valence-corrected chi connectivity index (χ4v) is 2.35. The van der Waals surface area contributed by atoms with Crippen LogP contribution in [0.15, 0.2) is 58.2 Å². The highest BCUT2D eigenvalue weighted by Crippen LogP contribution is 2.29. The van der Waals surface area contributed by atoms with Crippen molar-refractivity contribution < 1.29 is 27.3 Å². The topological polar surface area (TPSA) is 89.6 Å². The summed E-state index contributed by atoms with van der Waals surface area (Å²) in [5, 5.41) is 9.69. The lowest BCUT2D eigenvalue weighted by molar-refractivity contribution is -0.159. The van der Waals surface area contributed by atoms with Crippen LogP contribution in [-0.4, -0.2) is 28.8 Å². The van der Waals surface area contributed by atoms with Gasteiger partial charge in [0.1, 0.15) is 6.61 Å². The van der Waals surface area contributed by atoms with Crippen molar-refractivity contribution in [1.29, 1.82) is 0 Å². The Bertz CT molecular complexity index is 1010. The van der Waals surface area contributed by atoms with Gasteiger partial charge >= 0.3 is 12.1 Å². The molecule has 3 aromatic rings. The minimum atomic E-state index is -4.71. The van der Waals surface area contributed by atoms with E-state index in [0.717, 1.165) is 11.1 Å². The summed E-state index contributed by atoms with van der Waals surface area (Å²) in [5.41, 5.74) is 2.73. The van der Waals surface area contributed by atoms with E-state index in [-0.39, 0.29) is 23.8 Å². The van der Waals surface area contributed by atoms with Crippen LogP contribution in [-0.2, 0) is 17.6 Å². The lowest BCUT2D eigenvalue weighted by Crippen LogP contribution is -2.25. The summed E-state index contributed by atoms with van der Waals surface area (Å²) in [5.74, 6) is -2.02. The van der Waals surface area contributed by atoms with Gasteiger partial charge in [-0.05, 0) is 24.6 Å². The molecule has 0 fully saturated rings. The first-order valence-electron chi connectivity index (χ1n) is 8.82. The molecule has 0 spiro atoms. The number of halogens is 3. The number of alkyl halides is 3. The number of hydrogen-bond donors (Lipinski definition) is 1. The number of aryl methyl sites for hydroxylation is 1.